The van der Waals surface area contributed by atoms with Crippen LogP contribution >= 0.6 is 18.8 Å². The van der Waals surface area contributed by atoms with Gasteiger partial charge in [0.1, 0.15) is 0 Å². The maximum absolute atomic E-state index is 5.65. The Morgan fingerprint density at radius 3 is 1.45 bits per heavy atom. The number of nitrogens with two attached hydrogens (primary N) is 2. The molecule has 0 radical (unpaired) electrons. The summed E-state index contributed by atoms with van der Waals surface area (Å²) in [5.41, 5.74) is 11.3. The number of hydrogen-bond donors (Lipinski definition) is 2. The summed E-state index contributed by atoms with van der Waals surface area (Å²) >= 11 is -0.472. The third-order valence-corrected chi connectivity index (χ3v) is 1.87. The van der Waals surface area contributed by atoms with Gasteiger partial charge >= 0.3 is 35.3 Å². The molecule has 0 unspecified atom stereocenters. The molecule has 5 heteroatoms. The van der Waals surface area contributed by atoms with Crippen molar-refractivity contribution >= 4 is 18.8 Å². The number of rotatable bonds is 0. The standard InChI is InChI=1S/C6H14N2.2ClH.Pt/c7-5-3-1-2-4-6(5)8;;;/h5-6H,1-4,7-8H2;2*1H;/q;;;+2/p-2/t5-,6-;;;/m1.../s1. The fourth-order valence-electron chi connectivity index (χ4n) is 1.19. The molecule has 0 aromatic carbocycles. The van der Waals surface area contributed by atoms with E-state index in [1.54, 1.807) is 0 Å². The van der Waals surface area contributed by atoms with E-state index in [4.69, 9.17) is 30.3 Å². The Bertz CT molecular complexity index is 84.7. The number of hydrogen-bond acceptors (Lipinski definition) is 2. The van der Waals surface area contributed by atoms with Crippen molar-refractivity contribution in [3.05, 3.63) is 0 Å². The second kappa shape index (κ2) is 7.82. The van der Waals surface area contributed by atoms with Crippen molar-refractivity contribution in [3.8, 4) is 0 Å². The van der Waals surface area contributed by atoms with Crippen LogP contribution in [0.25, 0.3) is 0 Å². The Morgan fingerprint density at radius 1 is 1.00 bits per heavy atom. The third-order valence-electron chi connectivity index (χ3n) is 1.87. The predicted molar refractivity (Wildman–Crippen MR) is 46.1 cm³/mol. The first-order valence-corrected chi connectivity index (χ1v) is 9.19. The molecule has 1 rings (SSSR count). The van der Waals surface area contributed by atoms with Crippen LogP contribution in [0, 0.1) is 0 Å². The average Bonchev–Trinajstić information content (AvgIpc) is 1.97. The fraction of sp³-hybridized carbons (Fsp3) is 1.00. The van der Waals surface area contributed by atoms with E-state index >= 15 is 0 Å². The summed E-state index contributed by atoms with van der Waals surface area (Å²) in [7, 11) is 9.75. The molecule has 1 aliphatic carbocycles. The molecule has 4 N–H and O–H groups in total. The van der Waals surface area contributed by atoms with Crippen LogP contribution in [0.1, 0.15) is 25.7 Å². The van der Waals surface area contributed by atoms with Gasteiger partial charge in [-0.25, -0.2) is 0 Å². The van der Waals surface area contributed by atoms with Crippen molar-refractivity contribution in [3.63, 3.8) is 0 Å². The van der Waals surface area contributed by atoms with Crippen LogP contribution in [-0.2, 0) is 16.5 Å². The molecular formula is C6H14Cl2N2Pt. The Hall–Kier alpha value is 1.19. The van der Waals surface area contributed by atoms with E-state index < -0.39 is 16.5 Å². The van der Waals surface area contributed by atoms with Gasteiger partial charge in [0.05, 0.1) is 0 Å². The molecule has 72 valence electrons. The summed E-state index contributed by atoms with van der Waals surface area (Å²) in [5, 5.41) is 0. The number of halogens is 2. The van der Waals surface area contributed by atoms with Crippen LogP contribution in [0.2, 0.25) is 0 Å². The van der Waals surface area contributed by atoms with Gasteiger partial charge in [-0.3, -0.25) is 0 Å². The molecule has 0 spiro atoms. The summed E-state index contributed by atoms with van der Waals surface area (Å²) < 4.78 is 0. The molecule has 0 aromatic heterocycles. The molecule has 11 heavy (non-hydrogen) atoms. The van der Waals surface area contributed by atoms with Gasteiger partial charge in [0.2, 0.25) is 0 Å². The summed E-state index contributed by atoms with van der Waals surface area (Å²) in [5.74, 6) is 0. The van der Waals surface area contributed by atoms with Gasteiger partial charge in [0.15, 0.2) is 0 Å². The summed E-state index contributed by atoms with van der Waals surface area (Å²) in [4.78, 5) is 0. The second-order valence-electron chi connectivity index (χ2n) is 2.66. The zero-order valence-corrected chi connectivity index (χ0v) is 9.99. The normalized spacial score (nSPS) is 30.9. The quantitative estimate of drug-likeness (QED) is 0.671. The van der Waals surface area contributed by atoms with Gasteiger partial charge in [-0.2, -0.15) is 0 Å². The van der Waals surface area contributed by atoms with E-state index in [1.807, 2.05) is 0 Å². The molecule has 1 saturated carbocycles. The molecule has 0 bridgehead atoms. The summed E-state index contributed by atoms with van der Waals surface area (Å²) in [6.45, 7) is 0. The third kappa shape index (κ3) is 6.36. The molecule has 1 aliphatic rings. The first-order valence-electron chi connectivity index (χ1n) is 3.56. The van der Waals surface area contributed by atoms with Crippen LogP contribution in [0.15, 0.2) is 0 Å². The van der Waals surface area contributed by atoms with Gasteiger partial charge in [0.25, 0.3) is 0 Å². The topological polar surface area (TPSA) is 52.0 Å². The van der Waals surface area contributed by atoms with Gasteiger partial charge in [-0.15, -0.1) is 0 Å². The van der Waals surface area contributed by atoms with Gasteiger partial charge in [-0.05, 0) is 12.8 Å². The molecule has 0 aromatic rings. The predicted octanol–water partition coefficient (Wildman–Crippen LogP) is 1.59. The molecule has 2 atom stereocenters. The van der Waals surface area contributed by atoms with E-state index in [-0.39, 0.29) is 12.1 Å². The van der Waals surface area contributed by atoms with E-state index in [0.717, 1.165) is 12.8 Å². The van der Waals surface area contributed by atoms with Crippen molar-refractivity contribution < 1.29 is 16.5 Å². The van der Waals surface area contributed by atoms with Gasteiger partial charge < -0.3 is 11.5 Å². The zero-order chi connectivity index (χ0) is 8.69. The minimum absolute atomic E-state index is 0.281. The molecule has 0 saturated heterocycles. The molecule has 0 heterocycles. The van der Waals surface area contributed by atoms with Crippen LogP contribution in [0.3, 0.4) is 0 Å². The summed E-state index contributed by atoms with van der Waals surface area (Å²) in [6, 6.07) is 0.562. The van der Waals surface area contributed by atoms with Crippen molar-refractivity contribution in [1.29, 1.82) is 0 Å². The van der Waals surface area contributed by atoms with Gasteiger partial charge in [0, 0.05) is 12.1 Å². The van der Waals surface area contributed by atoms with E-state index in [2.05, 4.69) is 0 Å². The monoisotopic (exact) mass is 379 g/mol. The van der Waals surface area contributed by atoms with Crippen LogP contribution in [0.5, 0.6) is 0 Å². The van der Waals surface area contributed by atoms with Crippen LogP contribution in [0.4, 0.5) is 0 Å². The van der Waals surface area contributed by atoms with Crippen LogP contribution in [-0.4, -0.2) is 12.1 Å². The average molecular weight is 380 g/mol. The van der Waals surface area contributed by atoms with E-state index in [1.165, 1.54) is 12.8 Å². The van der Waals surface area contributed by atoms with Gasteiger partial charge in [-0.1, -0.05) is 12.8 Å². The molecule has 2 nitrogen and oxygen atoms in total. The minimum atomic E-state index is -0.472. The second-order valence-corrected chi connectivity index (χ2v) is 5.94. The van der Waals surface area contributed by atoms with E-state index in [9.17, 15) is 0 Å². The molecular weight excluding hydrogens is 366 g/mol. The molecule has 0 amide bonds. The fourth-order valence-corrected chi connectivity index (χ4v) is 1.19. The Balaban J connectivity index is 0.000000292. The first-order chi connectivity index (χ1) is 5.22. The Kier molecular flexibility index (Phi) is 8.66. The Labute approximate surface area is 84.4 Å². The van der Waals surface area contributed by atoms with Crippen LogP contribution < -0.4 is 11.5 Å². The molecule has 1 fully saturated rings. The SMILES string of the molecule is N[C@@H]1CCCC[C@H]1N.[Cl][Pt][Cl]. The molecule has 0 aliphatic heterocycles. The van der Waals surface area contributed by atoms with Crippen molar-refractivity contribution in [2.24, 2.45) is 11.5 Å². The van der Waals surface area contributed by atoms with Crippen molar-refractivity contribution in [2.75, 3.05) is 0 Å². The maximum atomic E-state index is 5.65. The summed E-state index contributed by atoms with van der Waals surface area (Å²) in [6.07, 6.45) is 4.80. The van der Waals surface area contributed by atoms with Crippen molar-refractivity contribution in [1.82, 2.24) is 0 Å². The Morgan fingerprint density at radius 2 is 1.27 bits per heavy atom. The van der Waals surface area contributed by atoms with E-state index in [0.29, 0.717) is 0 Å². The zero-order valence-electron chi connectivity index (χ0n) is 6.21. The van der Waals surface area contributed by atoms with Crippen molar-refractivity contribution in [2.45, 2.75) is 37.8 Å². The first kappa shape index (κ1) is 12.2.